The third-order valence-electron chi connectivity index (χ3n) is 4.48. The Morgan fingerprint density at radius 3 is 2.52 bits per heavy atom. The van der Waals surface area contributed by atoms with Gasteiger partial charge in [-0.2, -0.15) is 4.98 Å². The van der Waals surface area contributed by atoms with E-state index in [2.05, 4.69) is 15.3 Å². The summed E-state index contributed by atoms with van der Waals surface area (Å²) in [6.07, 6.45) is 4.95. The van der Waals surface area contributed by atoms with Crippen molar-refractivity contribution in [1.82, 2.24) is 9.97 Å². The van der Waals surface area contributed by atoms with Gasteiger partial charge in [0.2, 0.25) is 5.95 Å². The minimum absolute atomic E-state index is 0.537. The predicted molar refractivity (Wildman–Crippen MR) is 86.9 cm³/mol. The van der Waals surface area contributed by atoms with E-state index in [1.807, 2.05) is 24.3 Å². The van der Waals surface area contributed by atoms with Crippen LogP contribution < -0.4 is 16.8 Å². The largest absolute Gasteiger partial charge is 0.383 e. The average molecular weight is 285 g/mol. The van der Waals surface area contributed by atoms with E-state index in [4.69, 9.17) is 11.5 Å². The summed E-state index contributed by atoms with van der Waals surface area (Å²) in [5.41, 5.74) is 12.6. The number of rotatable bonds is 4. The molecule has 1 aromatic carbocycles. The van der Waals surface area contributed by atoms with Gasteiger partial charge >= 0.3 is 0 Å². The van der Waals surface area contributed by atoms with Gasteiger partial charge in [-0.15, -0.1) is 0 Å². The maximum Gasteiger partial charge on any atom is 0.225 e. The van der Waals surface area contributed by atoms with E-state index < -0.39 is 0 Å². The van der Waals surface area contributed by atoms with Gasteiger partial charge in [0.15, 0.2) is 0 Å². The summed E-state index contributed by atoms with van der Waals surface area (Å²) in [7, 11) is 0. The summed E-state index contributed by atoms with van der Waals surface area (Å²) in [6.45, 7) is 1.74. The molecule has 1 saturated carbocycles. The Bertz CT molecular complexity index is 605. The molecule has 0 bridgehead atoms. The molecule has 112 valence electrons. The van der Waals surface area contributed by atoms with E-state index in [0.29, 0.717) is 23.6 Å². The number of hydrogen-bond donors (Lipinski definition) is 3. The molecule has 1 heterocycles. The number of nitrogens with two attached hydrogens (primary N) is 2. The van der Waals surface area contributed by atoms with Crippen molar-refractivity contribution in [3.63, 3.8) is 0 Å². The summed E-state index contributed by atoms with van der Waals surface area (Å²) in [5, 5.41) is 4.26. The number of nitrogens with zero attached hydrogens (tertiary/aromatic N) is 2. The monoisotopic (exact) mass is 285 g/mol. The normalized spacial score (nSPS) is 22.3. The summed E-state index contributed by atoms with van der Waals surface area (Å²) >= 11 is 0. The number of para-hydroxylation sites is 1. The molecule has 0 unspecified atom stereocenters. The second-order valence-electron chi connectivity index (χ2n) is 5.95. The quantitative estimate of drug-likeness (QED) is 0.802. The number of hydrogen-bond acceptors (Lipinski definition) is 5. The molecule has 1 aliphatic rings. The topological polar surface area (TPSA) is 89.8 Å². The maximum atomic E-state index is 6.00. The van der Waals surface area contributed by atoms with E-state index in [-0.39, 0.29) is 0 Å². The number of fused-ring (bicyclic) bond motifs is 1. The second-order valence-corrected chi connectivity index (χ2v) is 5.95. The van der Waals surface area contributed by atoms with E-state index >= 15 is 0 Å². The average Bonchev–Trinajstić information content (AvgIpc) is 2.53. The lowest BCUT2D eigenvalue weighted by molar-refractivity contribution is 0.289. The van der Waals surface area contributed by atoms with Crippen LogP contribution in [0.25, 0.3) is 10.9 Å². The minimum atomic E-state index is 0.537. The first-order valence-corrected chi connectivity index (χ1v) is 7.72. The molecule has 5 heteroatoms. The SMILES string of the molecule is NCC1CCC(CNc2nc(N)c3ccccc3n2)CC1. The molecule has 1 fully saturated rings. The van der Waals surface area contributed by atoms with E-state index in [9.17, 15) is 0 Å². The Labute approximate surface area is 125 Å². The van der Waals surface area contributed by atoms with Crippen LogP contribution in [0, 0.1) is 11.8 Å². The number of aromatic nitrogens is 2. The lowest BCUT2D eigenvalue weighted by Crippen LogP contribution is -2.25. The molecular formula is C16H23N5. The van der Waals surface area contributed by atoms with Crippen LogP contribution in [-0.2, 0) is 0 Å². The predicted octanol–water partition coefficient (Wildman–Crippen LogP) is 2.39. The zero-order chi connectivity index (χ0) is 14.7. The summed E-state index contributed by atoms with van der Waals surface area (Å²) < 4.78 is 0. The fourth-order valence-electron chi connectivity index (χ4n) is 3.09. The van der Waals surface area contributed by atoms with Crippen molar-refractivity contribution >= 4 is 22.7 Å². The molecule has 0 saturated heterocycles. The van der Waals surface area contributed by atoms with Crippen molar-refractivity contribution in [2.75, 3.05) is 24.1 Å². The zero-order valence-corrected chi connectivity index (χ0v) is 12.3. The first kappa shape index (κ1) is 14.1. The Balaban J connectivity index is 1.63. The third-order valence-corrected chi connectivity index (χ3v) is 4.48. The Hall–Kier alpha value is -1.88. The molecule has 0 radical (unpaired) electrons. The van der Waals surface area contributed by atoms with E-state index in [1.54, 1.807) is 0 Å². The van der Waals surface area contributed by atoms with Gasteiger partial charge in [-0.05, 0) is 56.2 Å². The molecule has 0 amide bonds. The minimum Gasteiger partial charge on any atom is -0.383 e. The van der Waals surface area contributed by atoms with Crippen molar-refractivity contribution < 1.29 is 0 Å². The highest BCUT2D eigenvalue weighted by Gasteiger charge is 2.20. The zero-order valence-electron chi connectivity index (χ0n) is 12.3. The van der Waals surface area contributed by atoms with Gasteiger partial charge < -0.3 is 16.8 Å². The number of nitrogen functional groups attached to an aromatic ring is 1. The molecule has 1 aliphatic carbocycles. The van der Waals surface area contributed by atoms with Crippen LogP contribution in [0.2, 0.25) is 0 Å². The Morgan fingerprint density at radius 1 is 1.05 bits per heavy atom. The van der Waals surface area contributed by atoms with Crippen LogP contribution in [-0.4, -0.2) is 23.1 Å². The smallest absolute Gasteiger partial charge is 0.225 e. The highest BCUT2D eigenvalue weighted by Crippen LogP contribution is 2.28. The van der Waals surface area contributed by atoms with Crippen LogP contribution in [0.15, 0.2) is 24.3 Å². The van der Waals surface area contributed by atoms with Crippen LogP contribution >= 0.6 is 0 Å². The number of nitrogens with one attached hydrogen (secondary N) is 1. The van der Waals surface area contributed by atoms with Gasteiger partial charge in [-0.25, -0.2) is 4.98 Å². The van der Waals surface area contributed by atoms with Gasteiger partial charge in [0.1, 0.15) is 5.82 Å². The van der Waals surface area contributed by atoms with Crippen LogP contribution in [0.1, 0.15) is 25.7 Å². The van der Waals surface area contributed by atoms with Crippen molar-refractivity contribution in [2.24, 2.45) is 17.6 Å². The molecule has 5 N–H and O–H groups in total. The highest BCUT2D eigenvalue weighted by atomic mass is 15.1. The standard InChI is InChI=1S/C16H23N5/c17-9-11-5-7-12(8-6-11)10-19-16-20-14-4-2-1-3-13(14)15(18)21-16/h1-4,11-12H,5-10,17H2,(H3,18,19,20,21). The molecular weight excluding hydrogens is 262 g/mol. The van der Waals surface area contributed by atoms with Crippen molar-refractivity contribution in [2.45, 2.75) is 25.7 Å². The first-order valence-electron chi connectivity index (χ1n) is 7.72. The van der Waals surface area contributed by atoms with Gasteiger partial charge in [-0.3, -0.25) is 0 Å². The van der Waals surface area contributed by atoms with Crippen LogP contribution in [0.4, 0.5) is 11.8 Å². The molecule has 21 heavy (non-hydrogen) atoms. The maximum absolute atomic E-state index is 6.00. The summed E-state index contributed by atoms with van der Waals surface area (Å²) in [6, 6.07) is 7.82. The number of benzene rings is 1. The molecule has 0 aliphatic heterocycles. The fourth-order valence-corrected chi connectivity index (χ4v) is 3.09. The molecule has 3 rings (SSSR count). The van der Waals surface area contributed by atoms with Crippen LogP contribution in [0.3, 0.4) is 0 Å². The highest BCUT2D eigenvalue weighted by molar-refractivity contribution is 5.88. The van der Waals surface area contributed by atoms with Gasteiger partial charge in [0.25, 0.3) is 0 Å². The van der Waals surface area contributed by atoms with Crippen LogP contribution in [0.5, 0.6) is 0 Å². The first-order chi connectivity index (χ1) is 10.3. The fraction of sp³-hybridized carbons (Fsp3) is 0.500. The Kier molecular flexibility index (Phi) is 4.20. The van der Waals surface area contributed by atoms with E-state index in [1.165, 1.54) is 25.7 Å². The second kappa shape index (κ2) is 6.26. The molecule has 1 aromatic heterocycles. The van der Waals surface area contributed by atoms with Crippen molar-refractivity contribution in [1.29, 1.82) is 0 Å². The van der Waals surface area contributed by atoms with Gasteiger partial charge in [-0.1, -0.05) is 12.1 Å². The Morgan fingerprint density at radius 2 is 1.76 bits per heavy atom. The van der Waals surface area contributed by atoms with E-state index in [0.717, 1.165) is 24.0 Å². The molecule has 0 atom stereocenters. The summed E-state index contributed by atoms with van der Waals surface area (Å²) in [5.74, 6) is 2.57. The van der Waals surface area contributed by atoms with Gasteiger partial charge in [0, 0.05) is 11.9 Å². The number of anilines is 2. The summed E-state index contributed by atoms with van der Waals surface area (Å²) in [4.78, 5) is 8.88. The molecule has 5 nitrogen and oxygen atoms in total. The third kappa shape index (κ3) is 3.24. The van der Waals surface area contributed by atoms with Crippen molar-refractivity contribution in [3.8, 4) is 0 Å². The van der Waals surface area contributed by atoms with Gasteiger partial charge in [0.05, 0.1) is 5.52 Å². The lowest BCUT2D eigenvalue weighted by Gasteiger charge is -2.27. The lowest BCUT2D eigenvalue weighted by atomic mass is 9.82. The van der Waals surface area contributed by atoms with Crippen molar-refractivity contribution in [3.05, 3.63) is 24.3 Å². The molecule has 2 aromatic rings. The molecule has 0 spiro atoms.